The van der Waals surface area contributed by atoms with Crippen molar-refractivity contribution >= 4 is 17.7 Å². The monoisotopic (exact) mass is 386 g/mol. The second-order valence-electron chi connectivity index (χ2n) is 6.47. The molecule has 0 saturated heterocycles. The van der Waals surface area contributed by atoms with E-state index >= 15 is 0 Å². The van der Waals surface area contributed by atoms with Crippen LogP contribution in [-0.2, 0) is 17.9 Å². The summed E-state index contributed by atoms with van der Waals surface area (Å²) in [5.74, 6) is 2.09. The standard InChI is InChI=1S/C19H19FN4O2S/c20-15-7-3-13(4-8-15)10-21-17(25)12-27-19-23-22-18(14-5-6-14)24(19)11-16-2-1-9-26-16/h1-4,7-9,14H,5-6,10-12H2,(H,21,25). The van der Waals surface area contributed by atoms with E-state index < -0.39 is 0 Å². The molecule has 140 valence electrons. The lowest BCUT2D eigenvalue weighted by molar-refractivity contribution is -0.118. The minimum absolute atomic E-state index is 0.107. The third kappa shape index (κ3) is 4.57. The van der Waals surface area contributed by atoms with Gasteiger partial charge in [-0.25, -0.2) is 4.39 Å². The van der Waals surface area contributed by atoms with Crippen LogP contribution in [0.25, 0.3) is 0 Å². The third-order valence-electron chi connectivity index (χ3n) is 4.32. The molecule has 0 atom stereocenters. The fourth-order valence-corrected chi connectivity index (χ4v) is 3.52. The summed E-state index contributed by atoms with van der Waals surface area (Å²) in [7, 11) is 0. The molecule has 2 heterocycles. The highest BCUT2D eigenvalue weighted by Crippen LogP contribution is 2.40. The Balaban J connectivity index is 1.36. The zero-order valence-corrected chi connectivity index (χ0v) is 15.4. The van der Waals surface area contributed by atoms with Gasteiger partial charge in [-0.2, -0.15) is 0 Å². The molecule has 0 radical (unpaired) electrons. The summed E-state index contributed by atoms with van der Waals surface area (Å²) in [6.07, 6.45) is 3.89. The van der Waals surface area contributed by atoms with Crippen LogP contribution in [0.4, 0.5) is 4.39 Å². The maximum atomic E-state index is 12.9. The van der Waals surface area contributed by atoms with E-state index in [0.717, 1.165) is 30.0 Å². The average molecular weight is 386 g/mol. The van der Waals surface area contributed by atoms with Gasteiger partial charge >= 0.3 is 0 Å². The molecule has 27 heavy (non-hydrogen) atoms. The minimum atomic E-state index is -0.289. The number of amides is 1. The van der Waals surface area contributed by atoms with Crippen LogP contribution in [0.3, 0.4) is 0 Å². The van der Waals surface area contributed by atoms with Crippen molar-refractivity contribution in [1.82, 2.24) is 20.1 Å². The number of hydrogen-bond acceptors (Lipinski definition) is 5. The SMILES string of the molecule is O=C(CSc1nnc(C2CC2)n1Cc1ccco1)NCc1ccc(F)cc1. The maximum Gasteiger partial charge on any atom is 0.230 e. The zero-order chi connectivity index (χ0) is 18.6. The third-order valence-corrected chi connectivity index (χ3v) is 5.28. The summed E-state index contributed by atoms with van der Waals surface area (Å²) in [6.45, 7) is 0.928. The first-order valence-corrected chi connectivity index (χ1v) is 9.77. The Morgan fingerprint density at radius 3 is 2.78 bits per heavy atom. The van der Waals surface area contributed by atoms with Gasteiger partial charge in [0.05, 0.1) is 18.6 Å². The number of carbonyl (C=O) groups excluding carboxylic acids is 1. The Kier molecular flexibility index (Phi) is 5.24. The van der Waals surface area contributed by atoms with E-state index in [4.69, 9.17) is 4.42 Å². The van der Waals surface area contributed by atoms with Gasteiger partial charge in [-0.15, -0.1) is 10.2 Å². The molecule has 2 aromatic heterocycles. The normalized spacial score (nSPS) is 13.7. The van der Waals surface area contributed by atoms with Crippen LogP contribution in [0.2, 0.25) is 0 Å². The number of nitrogens with one attached hydrogen (secondary N) is 1. The number of hydrogen-bond donors (Lipinski definition) is 1. The molecule has 8 heteroatoms. The molecular weight excluding hydrogens is 367 g/mol. The molecule has 6 nitrogen and oxygen atoms in total. The molecule has 3 aromatic rings. The molecule has 0 unspecified atom stereocenters. The second kappa shape index (κ2) is 7.96. The van der Waals surface area contributed by atoms with Gasteiger partial charge in [-0.1, -0.05) is 23.9 Å². The molecule has 0 aliphatic heterocycles. The summed E-state index contributed by atoms with van der Waals surface area (Å²) in [4.78, 5) is 12.2. The van der Waals surface area contributed by atoms with Crippen molar-refractivity contribution in [3.63, 3.8) is 0 Å². The lowest BCUT2D eigenvalue weighted by atomic mass is 10.2. The van der Waals surface area contributed by atoms with Crippen LogP contribution in [0.5, 0.6) is 0 Å². The van der Waals surface area contributed by atoms with E-state index in [1.54, 1.807) is 18.4 Å². The Bertz CT molecular complexity index is 904. The summed E-state index contributed by atoms with van der Waals surface area (Å²) >= 11 is 1.36. The van der Waals surface area contributed by atoms with Gasteiger partial charge in [0.25, 0.3) is 0 Å². The Labute approximate surface area is 160 Å². The number of rotatable bonds is 8. The average Bonchev–Trinajstić information content (AvgIpc) is 3.24. The van der Waals surface area contributed by atoms with Crippen LogP contribution in [0.1, 0.15) is 35.9 Å². The largest absolute Gasteiger partial charge is 0.467 e. The lowest BCUT2D eigenvalue weighted by Gasteiger charge is -2.08. The second-order valence-corrected chi connectivity index (χ2v) is 7.41. The van der Waals surface area contributed by atoms with Crippen molar-refractivity contribution in [3.05, 3.63) is 65.6 Å². The topological polar surface area (TPSA) is 73.0 Å². The van der Waals surface area contributed by atoms with E-state index in [1.807, 2.05) is 16.7 Å². The van der Waals surface area contributed by atoms with Crippen molar-refractivity contribution < 1.29 is 13.6 Å². The molecule has 4 rings (SSSR count). The van der Waals surface area contributed by atoms with Crippen molar-refractivity contribution in [2.24, 2.45) is 0 Å². The summed E-state index contributed by atoms with van der Waals surface area (Å²) < 4.78 is 20.4. The highest BCUT2D eigenvalue weighted by molar-refractivity contribution is 7.99. The summed E-state index contributed by atoms with van der Waals surface area (Å²) in [5.41, 5.74) is 0.853. The fraction of sp³-hybridized carbons (Fsp3) is 0.316. The Morgan fingerprint density at radius 2 is 2.07 bits per heavy atom. The fourth-order valence-electron chi connectivity index (χ4n) is 2.74. The number of aromatic nitrogens is 3. The first-order chi connectivity index (χ1) is 13.2. The van der Waals surface area contributed by atoms with Crippen molar-refractivity contribution in [1.29, 1.82) is 0 Å². The van der Waals surface area contributed by atoms with E-state index in [2.05, 4.69) is 15.5 Å². The van der Waals surface area contributed by atoms with Gasteiger partial charge < -0.3 is 9.73 Å². The maximum absolute atomic E-state index is 12.9. The van der Waals surface area contributed by atoms with Gasteiger partial charge in [0, 0.05) is 12.5 Å². The molecule has 0 bridgehead atoms. The van der Waals surface area contributed by atoms with Gasteiger partial charge in [0.2, 0.25) is 5.91 Å². The first-order valence-electron chi connectivity index (χ1n) is 8.78. The van der Waals surface area contributed by atoms with E-state index in [1.165, 1.54) is 23.9 Å². The lowest BCUT2D eigenvalue weighted by Crippen LogP contribution is -2.24. The Morgan fingerprint density at radius 1 is 1.26 bits per heavy atom. The minimum Gasteiger partial charge on any atom is -0.467 e. The van der Waals surface area contributed by atoms with Crippen LogP contribution in [0.15, 0.2) is 52.2 Å². The van der Waals surface area contributed by atoms with E-state index in [9.17, 15) is 9.18 Å². The number of benzene rings is 1. The van der Waals surface area contributed by atoms with Crippen molar-refractivity contribution in [3.8, 4) is 0 Å². The highest BCUT2D eigenvalue weighted by Gasteiger charge is 2.30. The summed E-state index contributed by atoms with van der Waals surface area (Å²) in [6, 6.07) is 9.85. The number of carbonyl (C=O) groups is 1. The van der Waals surface area contributed by atoms with Crippen LogP contribution in [-0.4, -0.2) is 26.4 Å². The van der Waals surface area contributed by atoms with Crippen molar-refractivity contribution in [2.75, 3.05) is 5.75 Å². The predicted octanol–water partition coefficient (Wildman–Crippen LogP) is 3.34. The molecule has 0 spiro atoms. The van der Waals surface area contributed by atoms with Gasteiger partial charge in [-0.05, 0) is 42.7 Å². The predicted molar refractivity (Wildman–Crippen MR) is 98.8 cm³/mol. The molecule has 1 N–H and O–H groups in total. The van der Waals surface area contributed by atoms with Gasteiger partial charge in [-0.3, -0.25) is 9.36 Å². The molecule has 1 aliphatic rings. The van der Waals surface area contributed by atoms with Crippen LogP contribution in [0, 0.1) is 5.82 Å². The van der Waals surface area contributed by atoms with Gasteiger partial charge in [0.1, 0.15) is 17.4 Å². The number of nitrogens with zero attached hydrogens (tertiary/aromatic N) is 3. The number of thioether (sulfide) groups is 1. The zero-order valence-electron chi connectivity index (χ0n) is 14.6. The molecule has 1 fully saturated rings. The van der Waals surface area contributed by atoms with Crippen molar-refractivity contribution in [2.45, 2.75) is 37.0 Å². The Hall–Kier alpha value is -2.61. The quantitative estimate of drug-likeness (QED) is 0.601. The van der Waals surface area contributed by atoms with E-state index in [0.29, 0.717) is 24.2 Å². The first kappa shape index (κ1) is 17.8. The number of furan rings is 1. The smallest absolute Gasteiger partial charge is 0.230 e. The molecular formula is C19H19FN4O2S. The molecule has 1 saturated carbocycles. The summed E-state index contributed by atoms with van der Waals surface area (Å²) in [5, 5.41) is 12.1. The highest BCUT2D eigenvalue weighted by atomic mass is 32.2. The molecule has 1 amide bonds. The van der Waals surface area contributed by atoms with Crippen LogP contribution < -0.4 is 5.32 Å². The molecule has 1 aromatic carbocycles. The van der Waals surface area contributed by atoms with E-state index in [-0.39, 0.29) is 17.5 Å². The van der Waals surface area contributed by atoms with Gasteiger partial charge in [0.15, 0.2) is 5.16 Å². The van der Waals surface area contributed by atoms with Crippen LogP contribution >= 0.6 is 11.8 Å². The molecule has 1 aliphatic carbocycles. The number of halogens is 1.